The third-order valence-corrected chi connectivity index (χ3v) is 5.51. The summed E-state index contributed by atoms with van der Waals surface area (Å²) >= 11 is 1.50. The third-order valence-electron chi connectivity index (χ3n) is 4.47. The van der Waals surface area contributed by atoms with Gasteiger partial charge in [-0.25, -0.2) is 4.98 Å². The number of nitrogens with zero attached hydrogens (tertiary/aromatic N) is 3. The van der Waals surface area contributed by atoms with E-state index in [1.54, 1.807) is 24.1 Å². The van der Waals surface area contributed by atoms with Crippen molar-refractivity contribution in [1.29, 1.82) is 0 Å². The molecule has 3 rings (SSSR count). The summed E-state index contributed by atoms with van der Waals surface area (Å²) in [5.74, 6) is 1.41. The first-order valence-electron chi connectivity index (χ1n) is 9.66. The van der Waals surface area contributed by atoms with Gasteiger partial charge < -0.3 is 14.4 Å². The average Bonchev–Trinajstić information content (AvgIpc) is 3.15. The summed E-state index contributed by atoms with van der Waals surface area (Å²) < 4.78 is 11.9. The van der Waals surface area contributed by atoms with Gasteiger partial charge in [-0.15, -0.1) is 12.4 Å². The first-order valence-corrected chi connectivity index (χ1v) is 10.5. The summed E-state index contributed by atoms with van der Waals surface area (Å²) in [7, 11) is 5.69. The van der Waals surface area contributed by atoms with Crippen molar-refractivity contribution in [3.05, 3.63) is 48.0 Å². The normalized spacial score (nSPS) is 10.7. The van der Waals surface area contributed by atoms with Gasteiger partial charge in [0.15, 0.2) is 5.13 Å². The van der Waals surface area contributed by atoms with Crippen LogP contribution in [-0.2, 0) is 0 Å². The highest BCUT2D eigenvalue weighted by Gasteiger charge is 2.22. The number of halogens is 1. The van der Waals surface area contributed by atoms with E-state index in [2.05, 4.69) is 4.90 Å². The maximum atomic E-state index is 13.3. The van der Waals surface area contributed by atoms with Crippen LogP contribution in [0.5, 0.6) is 11.5 Å². The highest BCUT2D eigenvalue weighted by Crippen LogP contribution is 2.34. The number of amides is 1. The monoisotopic (exact) mass is 449 g/mol. The fourth-order valence-electron chi connectivity index (χ4n) is 3.04. The molecule has 0 spiro atoms. The molecule has 0 aliphatic heterocycles. The van der Waals surface area contributed by atoms with Gasteiger partial charge in [0.2, 0.25) is 0 Å². The van der Waals surface area contributed by atoms with E-state index in [0.29, 0.717) is 29.6 Å². The first-order chi connectivity index (χ1) is 14.0. The number of anilines is 1. The zero-order valence-electron chi connectivity index (χ0n) is 17.8. The Bertz CT molecular complexity index is 960. The molecule has 3 aromatic rings. The fraction of sp³-hybridized carbons (Fsp3) is 0.364. The SMILES string of the molecule is CCOc1ccc(C(=O)N(CCCN(C)C)c2nc3c(OC)cccc3s2)cc1.Cl. The van der Waals surface area contributed by atoms with Crippen LogP contribution < -0.4 is 14.4 Å². The van der Waals surface area contributed by atoms with Gasteiger partial charge >= 0.3 is 0 Å². The Morgan fingerprint density at radius 3 is 2.47 bits per heavy atom. The molecule has 2 aromatic carbocycles. The van der Waals surface area contributed by atoms with Crippen LogP contribution in [0.3, 0.4) is 0 Å². The van der Waals surface area contributed by atoms with Crippen LogP contribution in [0.1, 0.15) is 23.7 Å². The second-order valence-corrected chi connectivity index (χ2v) is 7.88. The van der Waals surface area contributed by atoms with Crippen LogP contribution in [0.15, 0.2) is 42.5 Å². The van der Waals surface area contributed by atoms with E-state index in [4.69, 9.17) is 14.5 Å². The number of ether oxygens (including phenoxy) is 2. The van der Waals surface area contributed by atoms with Crippen molar-refractivity contribution in [3.63, 3.8) is 0 Å². The number of hydrogen-bond acceptors (Lipinski definition) is 6. The summed E-state index contributed by atoms with van der Waals surface area (Å²) in [6.45, 7) is 4.01. The molecule has 1 heterocycles. The summed E-state index contributed by atoms with van der Waals surface area (Å²) in [5, 5.41) is 0.683. The van der Waals surface area contributed by atoms with Gasteiger partial charge in [0.25, 0.3) is 5.91 Å². The Morgan fingerprint density at radius 2 is 1.83 bits per heavy atom. The number of fused-ring (bicyclic) bond motifs is 1. The molecule has 0 saturated heterocycles. The van der Waals surface area contributed by atoms with Crippen molar-refractivity contribution in [2.24, 2.45) is 0 Å². The first kappa shape index (κ1) is 23.9. The van der Waals surface area contributed by atoms with Gasteiger partial charge in [-0.05, 0) is 70.4 Å². The van der Waals surface area contributed by atoms with E-state index in [-0.39, 0.29) is 18.3 Å². The lowest BCUT2D eigenvalue weighted by Gasteiger charge is -2.21. The van der Waals surface area contributed by atoms with Crippen LogP contribution in [0, 0.1) is 0 Å². The Labute approximate surface area is 187 Å². The lowest BCUT2D eigenvalue weighted by Crippen LogP contribution is -2.33. The second kappa shape index (κ2) is 11.2. The molecule has 0 unspecified atom stereocenters. The summed E-state index contributed by atoms with van der Waals surface area (Å²) in [5.41, 5.74) is 1.40. The molecule has 0 aliphatic carbocycles. The fourth-order valence-corrected chi connectivity index (χ4v) is 4.04. The summed E-state index contributed by atoms with van der Waals surface area (Å²) in [6, 6.07) is 13.1. The minimum absolute atomic E-state index is 0. The van der Waals surface area contributed by atoms with Crippen molar-refractivity contribution < 1.29 is 14.3 Å². The molecule has 0 bridgehead atoms. The maximum Gasteiger partial charge on any atom is 0.260 e. The highest BCUT2D eigenvalue weighted by molar-refractivity contribution is 7.22. The van der Waals surface area contributed by atoms with E-state index in [1.165, 1.54) is 11.3 Å². The Kier molecular flexibility index (Phi) is 8.89. The summed E-state index contributed by atoms with van der Waals surface area (Å²) in [6.07, 6.45) is 0.850. The molecule has 0 radical (unpaired) electrons. The van der Waals surface area contributed by atoms with Crippen LogP contribution in [0.2, 0.25) is 0 Å². The number of carbonyl (C=O) groups excluding carboxylic acids is 1. The largest absolute Gasteiger partial charge is 0.494 e. The van der Waals surface area contributed by atoms with Crippen molar-refractivity contribution in [2.75, 3.05) is 45.8 Å². The zero-order valence-corrected chi connectivity index (χ0v) is 19.4. The second-order valence-electron chi connectivity index (χ2n) is 6.87. The molecule has 1 aromatic heterocycles. The standard InChI is InChI=1S/C22H27N3O3S.ClH/c1-5-28-17-12-10-16(11-13-17)21(26)25(15-7-14-24(2)3)22-23-20-18(27-4)8-6-9-19(20)29-22;/h6,8-13H,5,7,14-15H2,1-4H3;1H. The van der Waals surface area contributed by atoms with E-state index in [0.717, 1.165) is 28.9 Å². The highest BCUT2D eigenvalue weighted by atomic mass is 35.5. The summed E-state index contributed by atoms with van der Waals surface area (Å²) in [4.78, 5) is 21.9. The number of para-hydroxylation sites is 1. The number of carbonyl (C=O) groups is 1. The molecule has 0 saturated carbocycles. The molecular weight excluding hydrogens is 422 g/mol. The molecule has 8 heteroatoms. The van der Waals surface area contributed by atoms with Crippen LogP contribution in [0.25, 0.3) is 10.2 Å². The van der Waals surface area contributed by atoms with Gasteiger partial charge in [0.05, 0.1) is 18.4 Å². The Morgan fingerprint density at radius 1 is 1.10 bits per heavy atom. The minimum atomic E-state index is -0.0650. The number of aromatic nitrogens is 1. The van der Waals surface area contributed by atoms with E-state index in [9.17, 15) is 4.79 Å². The van der Waals surface area contributed by atoms with Crippen LogP contribution in [0.4, 0.5) is 5.13 Å². The van der Waals surface area contributed by atoms with Gasteiger partial charge in [-0.2, -0.15) is 0 Å². The molecule has 6 nitrogen and oxygen atoms in total. The topological polar surface area (TPSA) is 54.9 Å². The smallest absolute Gasteiger partial charge is 0.260 e. The zero-order chi connectivity index (χ0) is 20.8. The van der Waals surface area contributed by atoms with Gasteiger partial charge in [-0.1, -0.05) is 17.4 Å². The van der Waals surface area contributed by atoms with E-state index in [1.807, 2.05) is 51.4 Å². The predicted octanol–water partition coefficient (Wildman–Crippen LogP) is 4.72. The van der Waals surface area contributed by atoms with Gasteiger partial charge in [0.1, 0.15) is 17.0 Å². The average molecular weight is 450 g/mol. The predicted molar refractivity (Wildman–Crippen MR) is 126 cm³/mol. The number of thiazole rings is 1. The Balaban J connectivity index is 0.00000320. The lowest BCUT2D eigenvalue weighted by atomic mass is 10.2. The van der Waals surface area contributed by atoms with Crippen molar-refractivity contribution in [2.45, 2.75) is 13.3 Å². The maximum absolute atomic E-state index is 13.3. The molecule has 0 atom stereocenters. The molecule has 0 N–H and O–H groups in total. The van der Waals surface area contributed by atoms with Gasteiger partial charge in [0, 0.05) is 12.1 Å². The van der Waals surface area contributed by atoms with Crippen LogP contribution >= 0.6 is 23.7 Å². The Hall–Kier alpha value is -2.35. The molecule has 1 amide bonds. The quantitative estimate of drug-likeness (QED) is 0.473. The molecule has 0 fully saturated rings. The lowest BCUT2D eigenvalue weighted by molar-refractivity contribution is 0.0986. The van der Waals surface area contributed by atoms with Crippen molar-refractivity contribution >= 4 is 45.0 Å². The molecular formula is C22H28ClN3O3S. The van der Waals surface area contributed by atoms with Gasteiger partial charge in [-0.3, -0.25) is 9.69 Å². The van der Waals surface area contributed by atoms with E-state index < -0.39 is 0 Å². The molecule has 162 valence electrons. The number of rotatable bonds is 9. The molecule has 30 heavy (non-hydrogen) atoms. The minimum Gasteiger partial charge on any atom is -0.494 e. The molecule has 0 aliphatic rings. The number of methoxy groups -OCH3 is 1. The number of hydrogen-bond donors (Lipinski definition) is 0. The van der Waals surface area contributed by atoms with Crippen LogP contribution in [-0.4, -0.2) is 56.7 Å². The number of benzene rings is 2. The third kappa shape index (κ3) is 5.62. The van der Waals surface area contributed by atoms with Crippen molar-refractivity contribution in [3.8, 4) is 11.5 Å². The van der Waals surface area contributed by atoms with Crippen molar-refractivity contribution in [1.82, 2.24) is 9.88 Å². The van der Waals surface area contributed by atoms with E-state index >= 15 is 0 Å².